The lowest BCUT2D eigenvalue weighted by Crippen LogP contribution is -2.34. The van der Waals surface area contributed by atoms with E-state index in [2.05, 4.69) is 70.5 Å². The van der Waals surface area contributed by atoms with Crippen molar-refractivity contribution in [2.24, 2.45) is 5.92 Å². The van der Waals surface area contributed by atoms with Crippen LogP contribution in [-0.4, -0.2) is 67.1 Å². The SMILES string of the molecule is CN(C)CCc1ccc(-c2cnc(CN(C)CC3CCNCC3)cn2)cc1. The van der Waals surface area contributed by atoms with Crippen LogP contribution in [0.2, 0.25) is 0 Å². The minimum Gasteiger partial charge on any atom is -0.317 e. The lowest BCUT2D eigenvalue weighted by molar-refractivity contribution is 0.232. The minimum absolute atomic E-state index is 0.800. The van der Waals surface area contributed by atoms with Gasteiger partial charge in [-0.25, -0.2) is 0 Å². The Bertz CT molecular complexity index is 675. The molecule has 2 heterocycles. The Hall–Kier alpha value is -1.82. The molecule has 0 saturated carbocycles. The van der Waals surface area contributed by atoms with Gasteiger partial charge in [-0.2, -0.15) is 0 Å². The van der Waals surface area contributed by atoms with Crippen LogP contribution in [0.15, 0.2) is 36.7 Å². The molecule has 0 unspecified atom stereocenters. The zero-order valence-corrected chi connectivity index (χ0v) is 17.0. The van der Waals surface area contributed by atoms with Crippen LogP contribution in [0.3, 0.4) is 0 Å². The van der Waals surface area contributed by atoms with Gasteiger partial charge in [0.1, 0.15) is 0 Å². The third-order valence-electron chi connectivity index (χ3n) is 5.26. The second-order valence-corrected chi connectivity index (χ2v) is 8.03. The van der Waals surface area contributed by atoms with Gasteiger partial charge in [0.15, 0.2) is 0 Å². The maximum Gasteiger partial charge on any atom is 0.0885 e. The van der Waals surface area contributed by atoms with Gasteiger partial charge in [-0.05, 0) is 65.0 Å². The Morgan fingerprint density at radius 2 is 1.74 bits per heavy atom. The van der Waals surface area contributed by atoms with Gasteiger partial charge < -0.3 is 15.1 Å². The van der Waals surface area contributed by atoms with E-state index in [1.807, 2.05) is 12.4 Å². The van der Waals surface area contributed by atoms with E-state index in [9.17, 15) is 0 Å². The topological polar surface area (TPSA) is 44.3 Å². The maximum atomic E-state index is 4.65. The highest BCUT2D eigenvalue weighted by atomic mass is 15.1. The number of nitrogens with zero attached hydrogens (tertiary/aromatic N) is 4. The average Bonchev–Trinajstić information content (AvgIpc) is 2.68. The summed E-state index contributed by atoms with van der Waals surface area (Å²) in [5.74, 6) is 0.800. The number of aromatic nitrogens is 2. The van der Waals surface area contributed by atoms with Crippen molar-refractivity contribution in [2.75, 3.05) is 47.3 Å². The largest absolute Gasteiger partial charge is 0.317 e. The normalized spacial score (nSPS) is 15.6. The molecule has 1 N–H and O–H groups in total. The summed E-state index contributed by atoms with van der Waals surface area (Å²) in [4.78, 5) is 13.9. The number of piperidine rings is 1. The van der Waals surface area contributed by atoms with Crippen LogP contribution >= 0.6 is 0 Å². The molecule has 1 fully saturated rings. The summed E-state index contributed by atoms with van der Waals surface area (Å²) < 4.78 is 0. The zero-order chi connectivity index (χ0) is 19.1. The van der Waals surface area contributed by atoms with Gasteiger partial charge in [-0.15, -0.1) is 0 Å². The van der Waals surface area contributed by atoms with Crippen molar-refractivity contribution in [1.29, 1.82) is 0 Å². The van der Waals surface area contributed by atoms with E-state index in [0.717, 1.165) is 62.0 Å². The van der Waals surface area contributed by atoms with E-state index < -0.39 is 0 Å². The molecule has 5 heteroatoms. The molecule has 1 aromatic heterocycles. The second-order valence-electron chi connectivity index (χ2n) is 8.03. The Kier molecular flexibility index (Phi) is 7.33. The van der Waals surface area contributed by atoms with Crippen LogP contribution in [0.25, 0.3) is 11.3 Å². The summed E-state index contributed by atoms with van der Waals surface area (Å²) in [7, 11) is 6.40. The molecule has 1 aromatic carbocycles. The third-order valence-corrected chi connectivity index (χ3v) is 5.26. The quantitative estimate of drug-likeness (QED) is 0.777. The summed E-state index contributed by atoms with van der Waals surface area (Å²) in [5, 5.41) is 3.43. The van der Waals surface area contributed by atoms with Crippen molar-refractivity contribution in [3.63, 3.8) is 0 Å². The van der Waals surface area contributed by atoms with E-state index in [0.29, 0.717) is 0 Å². The van der Waals surface area contributed by atoms with Gasteiger partial charge in [-0.3, -0.25) is 9.97 Å². The summed E-state index contributed by atoms with van der Waals surface area (Å²) in [6.45, 7) is 5.38. The van der Waals surface area contributed by atoms with E-state index in [1.165, 1.54) is 18.4 Å². The third kappa shape index (κ3) is 6.38. The molecular formula is C22H33N5. The Labute approximate surface area is 163 Å². The van der Waals surface area contributed by atoms with Crippen molar-refractivity contribution < 1.29 is 0 Å². The van der Waals surface area contributed by atoms with Crippen molar-refractivity contribution in [2.45, 2.75) is 25.8 Å². The number of rotatable bonds is 8. The van der Waals surface area contributed by atoms with Crippen molar-refractivity contribution in [3.05, 3.63) is 47.9 Å². The maximum absolute atomic E-state index is 4.65. The molecule has 3 rings (SSSR count). The lowest BCUT2D eigenvalue weighted by atomic mass is 9.98. The average molecular weight is 368 g/mol. The first-order chi connectivity index (χ1) is 13.1. The van der Waals surface area contributed by atoms with Crippen LogP contribution in [0.4, 0.5) is 0 Å². The molecule has 1 aliphatic heterocycles. The second kappa shape index (κ2) is 9.93. The molecule has 0 amide bonds. The predicted octanol–water partition coefficient (Wildman–Crippen LogP) is 2.68. The van der Waals surface area contributed by atoms with Gasteiger partial charge in [-0.1, -0.05) is 24.3 Å². The van der Waals surface area contributed by atoms with Crippen LogP contribution in [0.5, 0.6) is 0 Å². The van der Waals surface area contributed by atoms with E-state index >= 15 is 0 Å². The van der Waals surface area contributed by atoms with Gasteiger partial charge in [0, 0.05) is 25.2 Å². The summed E-state index contributed by atoms with van der Waals surface area (Å²) in [6.07, 6.45) is 7.46. The van der Waals surface area contributed by atoms with Gasteiger partial charge in [0.05, 0.1) is 23.8 Å². The fourth-order valence-electron chi connectivity index (χ4n) is 3.63. The Morgan fingerprint density at radius 1 is 1.00 bits per heavy atom. The van der Waals surface area contributed by atoms with Crippen molar-refractivity contribution in [1.82, 2.24) is 25.1 Å². The number of hydrogen-bond donors (Lipinski definition) is 1. The molecule has 1 aliphatic rings. The van der Waals surface area contributed by atoms with E-state index in [-0.39, 0.29) is 0 Å². The van der Waals surface area contributed by atoms with E-state index in [1.54, 1.807) is 0 Å². The summed E-state index contributed by atoms with van der Waals surface area (Å²) in [5.41, 5.74) is 4.47. The molecule has 0 aliphatic carbocycles. The monoisotopic (exact) mass is 367 g/mol. The molecule has 27 heavy (non-hydrogen) atoms. The summed E-state index contributed by atoms with van der Waals surface area (Å²) in [6, 6.07) is 8.69. The molecule has 146 valence electrons. The predicted molar refractivity (Wildman–Crippen MR) is 112 cm³/mol. The fourth-order valence-corrected chi connectivity index (χ4v) is 3.63. The highest BCUT2D eigenvalue weighted by Gasteiger charge is 2.15. The van der Waals surface area contributed by atoms with Gasteiger partial charge in [0.25, 0.3) is 0 Å². The summed E-state index contributed by atoms with van der Waals surface area (Å²) >= 11 is 0. The zero-order valence-electron chi connectivity index (χ0n) is 17.0. The molecule has 2 aromatic rings. The first kappa shape index (κ1) is 19.9. The van der Waals surface area contributed by atoms with E-state index in [4.69, 9.17) is 0 Å². The highest BCUT2D eigenvalue weighted by Crippen LogP contribution is 2.18. The molecule has 0 atom stereocenters. The molecular weight excluding hydrogens is 334 g/mol. The van der Waals surface area contributed by atoms with Crippen LogP contribution < -0.4 is 5.32 Å². The first-order valence-electron chi connectivity index (χ1n) is 10.0. The molecule has 0 spiro atoms. The van der Waals surface area contributed by atoms with Crippen LogP contribution in [0, 0.1) is 5.92 Å². The molecule has 0 bridgehead atoms. The van der Waals surface area contributed by atoms with Gasteiger partial charge in [0.2, 0.25) is 0 Å². The number of nitrogens with one attached hydrogen (secondary N) is 1. The molecule has 5 nitrogen and oxygen atoms in total. The van der Waals surface area contributed by atoms with Gasteiger partial charge >= 0.3 is 0 Å². The first-order valence-corrected chi connectivity index (χ1v) is 10.0. The van der Waals surface area contributed by atoms with Crippen molar-refractivity contribution >= 4 is 0 Å². The minimum atomic E-state index is 0.800. The van der Waals surface area contributed by atoms with Crippen molar-refractivity contribution in [3.8, 4) is 11.3 Å². The standard InChI is InChI=1S/C22H33N5/c1-26(2)13-10-18-4-6-20(7-5-18)22-15-24-21(14-25-22)17-27(3)16-19-8-11-23-12-9-19/h4-7,14-15,19,23H,8-13,16-17H2,1-3H3. The number of hydrogen-bond acceptors (Lipinski definition) is 5. The lowest BCUT2D eigenvalue weighted by Gasteiger charge is -2.27. The Morgan fingerprint density at radius 3 is 2.37 bits per heavy atom. The molecule has 1 saturated heterocycles. The number of likely N-dealkylation sites (N-methyl/N-ethyl adjacent to an activating group) is 1. The smallest absolute Gasteiger partial charge is 0.0885 e. The number of benzene rings is 1. The van der Waals surface area contributed by atoms with Crippen LogP contribution in [-0.2, 0) is 13.0 Å². The highest BCUT2D eigenvalue weighted by molar-refractivity contribution is 5.58. The fraction of sp³-hybridized carbons (Fsp3) is 0.545. The Balaban J connectivity index is 1.53. The molecule has 0 radical (unpaired) electrons. The van der Waals surface area contributed by atoms with Crippen LogP contribution in [0.1, 0.15) is 24.1 Å².